The van der Waals surface area contributed by atoms with E-state index in [1.54, 1.807) is 0 Å². The molecule has 0 spiro atoms. The zero-order valence-electron chi connectivity index (χ0n) is 15.3. The molecule has 1 heterocycles. The van der Waals surface area contributed by atoms with Crippen LogP contribution in [-0.2, 0) is 0 Å². The highest BCUT2D eigenvalue weighted by Gasteiger charge is 2.55. The maximum atomic E-state index is 10.0. The molecule has 0 unspecified atom stereocenters. The van der Waals surface area contributed by atoms with Gasteiger partial charge in [-0.05, 0) is 43.7 Å². The summed E-state index contributed by atoms with van der Waals surface area (Å²) in [7, 11) is 0. The van der Waals surface area contributed by atoms with E-state index in [4.69, 9.17) is 5.73 Å². The van der Waals surface area contributed by atoms with E-state index in [0.29, 0.717) is 5.57 Å². The van der Waals surface area contributed by atoms with Crippen molar-refractivity contribution < 1.29 is 0 Å². The van der Waals surface area contributed by atoms with Crippen LogP contribution in [0.5, 0.6) is 0 Å². The highest BCUT2D eigenvalue weighted by atomic mass is 15.1. The number of nitrogens with zero attached hydrogens (tertiary/aromatic N) is 4. The van der Waals surface area contributed by atoms with Gasteiger partial charge in [-0.25, -0.2) is 0 Å². The smallest absolute Gasteiger partial charge is 0.187 e. The molecule has 0 saturated carbocycles. The molecule has 2 aliphatic carbocycles. The summed E-state index contributed by atoms with van der Waals surface area (Å²) in [6.45, 7) is 4.71. The zero-order valence-corrected chi connectivity index (χ0v) is 15.3. The van der Waals surface area contributed by atoms with Crippen LogP contribution >= 0.6 is 0 Å². The lowest BCUT2D eigenvalue weighted by molar-refractivity contribution is 0.110. The van der Waals surface area contributed by atoms with Gasteiger partial charge in [-0.2, -0.15) is 15.8 Å². The van der Waals surface area contributed by atoms with Gasteiger partial charge in [0.25, 0.3) is 0 Å². The van der Waals surface area contributed by atoms with Crippen molar-refractivity contribution in [2.24, 2.45) is 28.9 Å². The average molecular weight is 347 g/mol. The summed E-state index contributed by atoms with van der Waals surface area (Å²) in [6, 6.07) is 6.69. The minimum atomic E-state index is -1.42. The number of fused-ring (bicyclic) bond motifs is 1. The lowest BCUT2D eigenvalue weighted by atomic mass is 9.55. The summed E-state index contributed by atoms with van der Waals surface area (Å²) in [5, 5.41) is 29.8. The first kappa shape index (κ1) is 18.2. The summed E-state index contributed by atoms with van der Waals surface area (Å²) in [5.41, 5.74) is 6.39. The second-order valence-electron chi connectivity index (χ2n) is 7.53. The molecular weight excluding hydrogens is 322 g/mol. The quantitative estimate of drug-likeness (QED) is 0.791. The van der Waals surface area contributed by atoms with Crippen molar-refractivity contribution in [3.63, 3.8) is 0 Å². The third-order valence-electron chi connectivity index (χ3n) is 6.16. The summed E-state index contributed by atoms with van der Waals surface area (Å²) in [5.74, 6) is 0.0616. The van der Waals surface area contributed by atoms with Gasteiger partial charge in [0.2, 0.25) is 0 Å². The molecule has 26 heavy (non-hydrogen) atoms. The lowest BCUT2D eigenvalue weighted by Gasteiger charge is -2.48. The molecule has 1 aliphatic heterocycles. The SMILES string of the molecule is CCCN1CC=C2C(C#N)=C(N)C(C#N)(C#N)[C@H]([C@H]3CC=CCC3)[C@@H]2C1. The molecule has 5 nitrogen and oxygen atoms in total. The fourth-order valence-electron chi connectivity index (χ4n) is 5.00. The molecular formula is C21H25N5. The van der Waals surface area contributed by atoms with Crippen molar-refractivity contribution in [2.75, 3.05) is 19.6 Å². The molecule has 0 fully saturated rings. The zero-order chi connectivity index (χ0) is 18.7. The van der Waals surface area contributed by atoms with Crippen LogP contribution in [0.3, 0.4) is 0 Å². The average Bonchev–Trinajstić information content (AvgIpc) is 2.68. The van der Waals surface area contributed by atoms with Crippen LogP contribution in [0, 0.1) is 57.2 Å². The first-order valence-corrected chi connectivity index (χ1v) is 9.43. The van der Waals surface area contributed by atoms with E-state index >= 15 is 0 Å². The highest BCUT2D eigenvalue weighted by molar-refractivity contribution is 5.56. The van der Waals surface area contributed by atoms with E-state index in [2.05, 4.69) is 48.3 Å². The van der Waals surface area contributed by atoms with Gasteiger partial charge in [-0.15, -0.1) is 0 Å². The Morgan fingerprint density at radius 1 is 1.27 bits per heavy atom. The van der Waals surface area contributed by atoms with E-state index in [0.717, 1.165) is 50.9 Å². The van der Waals surface area contributed by atoms with Gasteiger partial charge in [0, 0.05) is 24.9 Å². The van der Waals surface area contributed by atoms with Gasteiger partial charge >= 0.3 is 0 Å². The fraction of sp³-hybridized carbons (Fsp3) is 0.571. The van der Waals surface area contributed by atoms with Gasteiger partial charge in [0.1, 0.15) is 6.07 Å². The molecule has 2 N–H and O–H groups in total. The number of hydrogen-bond donors (Lipinski definition) is 1. The van der Waals surface area contributed by atoms with Crippen LogP contribution in [0.25, 0.3) is 0 Å². The van der Waals surface area contributed by atoms with Crippen molar-refractivity contribution in [2.45, 2.75) is 32.6 Å². The van der Waals surface area contributed by atoms with E-state index in [1.807, 2.05) is 0 Å². The van der Waals surface area contributed by atoms with E-state index in [9.17, 15) is 15.8 Å². The number of rotatable bonds is 3. The summed E-state index contributed by atoms with van der Waals surface area (Å²) in [4.78, 5) is 2.36. The summed E-state index contributed by atoms with van der Waals surface area (Å²) >= 11 is 0. The lowest BCUT2D eigenvalue weighted by Crippen LogP contribution is -2.52. The van der Waals surface area contributed by atoms with Gasteiger partial charge in [-0.3, -0.25) is 4.90 Å². The molecule has 5 heteroatoms. The van der Waals surface area contributed by atoms with Crippen molar-refractivity contribution in [1.82, 2.24) is 4.90 Å². The third kappa shape index (κ3) is 2.72. The van der Waals surface area contributed by atoms with Crippen LogP contribution < -0.4 is 5.73 Å². The van der Waals surface area contributed by atoms with Gasteiger partial charge in [0.05, 0.1) is 23.4 Å². The van der Waals surface area contributed by atoms with Crippen molar-refractivity contribution >= 4 is 0 Å². The first-order valence-electron chi connectivity index (χ1n) is 9.43. The van der Waals surface area contributed by atoms with Gasteiger partial charge in [0.15, 0.2) is 5.41 Å². The minimum absolute atomic E-state index is 0.00745. The summed E-state index contributed by atoms with van der Waals surface area (Å²) < 4.78 is 0. The predicted molar refractivity (Wildman–Crippen MR) is 98.8 cm³/mol. The van der Waals surface area contributed by atoms with Crippen molar-refractivity contribution in [1.29, 1.82) is 15.8 Å². The molecule has 0 radical (unpaired) electrons. The minimum Gasteiger partial charge on any atom is -0.399 e. The molecule has 0 aromatic heterocycles. The molecule has 3 rings (SSSR count). The molecule has 0 bridgehead atoms. The van der Waals surface area contributed by atoms with Crippen LogP contribution in [0.2, 0.25) is 0 Å². The van der Waals surface area contributed by atoms with E-state index in [-0.39, 0.29) is 23.5 Å². The van der Waals surface area contributed by atoms with Crippen LogP contribution in [0.15, 0.2) is 35.1 Å². The Balaban J connectivity index is 2.16. The van der Waals surface area contributed by atoms with Crippen molar-refractivity contribution in [3.05, 3.63) is 35.1 Å². The second-order valence-corrected chi connectivity index (χ2v) is 7.53. The first-order chi connectivity index (χ1) is 12.6. The molecule has 0 aromatic carbocycles. The molecule has 3 atom stereocenters. The van der Waals surface area contributed by atoms with Crippen molar-refractivity contribution in [3.8, 4) is 18.2 Å². The highest BCUT2D eigenvalue weighted by Crippen LogP contribution is 2.54. The molecule has 0 aromatic rings. The fourth-order valence-corrected chi connectivity index (χ4v) is 5.00. The Morgan fingerprint density at radius 2 is 2.04 bits per heavy atom. The second kappa shape index (κ2) is 7.36. The Kier molecular flexibility index (Phi) is 5.17. The Labute approximate surface area is 155 Å². The number of allylic oxidation sites excluding steroid dienone is 4. The number of nitrogens with two attached hydrogens (primary N) is 1. The largest absolute Gasteiger partial charge is 0.399 e. The number of hydrogen-bond acceptors (Lipinski definition) is 5. The van der Waals surface area contributed by atoms with E-state index in [1.165, 1.54) is 0 Å². The topological polar surface area (TPSA) is 101 Å². The normalized spacial score (nSPS) is 30.5. The number of nitriles is 3. The van der Waals surface area contributed by atoms with Gasteiger partial charge in [-0.1, -0.05) is 25.2 Å². The molecule has 134 valence electrons. The molecule has 3 aliphatic rings. The van der Waals surface area contributed by atoms with Crippen LogP contribution in [0.4, 0.5) is 0 Å². The standard InChI is InChI=1S/C21H25N5/c1-2-9-26-10-8-16-17(11-22)20(25)21(13-23,14-24)19(18(16)12-26)15-6-4-3-5-7-15/h3-4,8,15,18-19H,2,5-7,9-10,12,25H2,1H3/t15-,18+,19+/m0/s1. The van der Waals surface area contributed by atoms with E-state index < -0.39 is 5.41 Å². The molecule has 0 saturated heterocycles. The monoisotopic (exact) mass is 347 g/mol. The van der Waals surface area contributed by atoms with Crippen LogP contribution in [-0.4, -0.2) is 24.5 Å². The Hall–Kier alpha value is -2.55. The third-order valence-corrected chi connectivity index (χ3v) is 6.16. The summed E-state index contributed by atoms with van der Waals surface area (Å²) in [6.07, 6.45) is 10.3. The maximum Gasteiger partial charge on any atom is 0.187 e. The predicted octanol–water partition coefficient (Wildman–Crippen LogP) is 3.01. The molecule has 0 amide bonds. The maximum absolute atomic E-state index is 10.0. The van der Waals surface area contributed by atoms with Gasteiger partial charge < -0.3 is 5.73 Å². The Bertz CT molecular complexity index is 769. The Morgan fingerprint density at radius 3 is 2.62 bits per heavy atom. The van der Waals surface area contributed by atoms with Crippen LogP contribution in [0.1, 0.15) is 32.6 Å².